The van der Waals surface area contributed by atoms with E-state index in [-0.39, 0.29) is 40.6 Å². The normalized spacial score (nSPS) is 17.9. The van der Waals surface area contributed by atoms with Crippen molar-refractivity contribution in [2.45, 2.75) is 45.2 Å². The van der Waals surface area contributed by atoms with E-state index in [0.29, 0.717) is 29.3 Å². The highest BCUT2D eigenvalue weighted by molar-refractivity contribution is 8.03. The Morgan fingerprint density at radius 1 is 1.14 bits per heavy atom. The summed E-state index contributed by atoms with van der Waals surface area (Å²) in [5, 5.41) is 16.3. The minimum atomic E-state index is -4.65. The fraction of sp³-hybridized carbons (Fsp3) is 0.296. The number of hydrogen-bond donors (Lipinski definition) is 2. The standard InChI is InChI=1S/C27H24F3N3O2S/c1-15-7-5-8-16(2)25(15)33-22(35)14-36-26-18(13-31)23(24-20(32-26)11-6-12-21(24)34)17-9-3-4-10-19(17)27(28,29)30/h3-5,7-10,23,32H,6,11-12,14H2,1-2H3,(H,33,35). The SMILES string of the molecule is Cc1cccc(C)c1NC(=O)CSC1=C(C#N)C(c2ccccc2C(F)(F)F)C2=C(CCCC2=O)N1. The van der Waals surface area contributed by atoms with E-state index in [4.69, 9.17) is 0 Å². The lowest BCUT2D eigenvalue weighted by molar-refractivity contribution is -0.138. The number of carbonyl (C=O) groups excluding carboxylic acids is 2. The van der Waals surface area contributed by atoms with Gasteiger partial charge in [0.15, 0.2) is 5.78 Å². The second kappa shape index (κ2) is 10.2. The molecule has 0 saturated carbocycles. The maximum atomic E-state index is 13.9. The number of anilines is 1. The van der Waals surface area contributed by atoms with Gasteiger partial charge < -0.3 is 10.6 Å². The van der Waals surface area contributed by atoms with E-state index in [1.807, 2.05) is 38.1 Å². The molecule has 2 aromatic rings. The van der Waals surface area contributed by atoms with E-state index in [2.05, 4.69) is 10.6 Å². The number of carbonyl (C=O) groups is 2. The molecule has 5 nitrogen and oxygen atoms in total. The van der Waals surface area contributed by atoms with Gasteiger partial charge in [-0.05, 0) is 49.4 Å². The van der Waals surface area contributed by atoms with Crippen LogP contribution in [0.2, 0.25) is 0 Å². The van der Waals surface area contributed by atoms with Crippen LogP contribution in [0.15, 0.2) is 64.3 Å². The van der Waals surface area contributed by atoms with Crippen LogP contribution in [0.4, 0.5) is 18.9 Å². The number of nitriles is 1. The maximum absolute atomic E-state index is 13.9. The van der Waals surface area contributed by atoms with E-state index in [1.54, 1.807) is 0 Å². The third-order valence-electron chi connectivity index (χ3n) is 6.33. The van der Waals surface area contributed by atoms with Crippen molar-refractivity contribution in [3.05, 3.63) is 86.6 Å². The van der Waals surface area contributed by atoms with Crippen LogP contribution in [-0.4, -0.2) is 17.4 Å². The van der Waals surface area contributed by atoms with Gasteiger partial charge in [0.05, 0.1) is 33.9 Å². The number of hydrogen-bond acceptors (Lipinski definition) is 5. The van der Waals surface area contributed by atoms with Crippen molar-refractivity contribution >= 4 is 29.1 Å². The minimum Gasteiger partial charge on any atom is -0.352 e. The summed E-state index contributed by atoms with van der Waals surface area (Å²) in [6.45, 7) is 3.76. The van der Waals surface area contributed by atoms with Crippen molar-refractivity contribution in [2.24, 2.45) is 0 Å². The number of benzene rings is 2. The van der Waals surface area contributed by atoms with Crippen molar-refractivity contribution in [1.29, 1.82) is 5.26 Å². The number of ketones is 1. The molecule has 1 amide bonds. The monoisotopic (exact) mass is 511 g/mol. The first-order chi connectivity index (χ1) is 17.1. The van der Waals surface area contributed by atoms with Crippen LogP contribution in [0.25, 0.3) is 0 Å². The first-order valence-electron chi connectivity index (χ1n) is 11.4. The molecule has 0 aromatic heterocycles. The molecule has 1 aliphatic heterocycles. The van der Waals surface area contributed by atoms with Crippen LogP contribution in [0.1, 0.15) is 47.4 Å². The number of allylic oxidation sites excluding steroid dienone is 3. The fourth-order valence-electron chi connectivity index (χ4n) is 4.68. The molecule has 9 heteroatoms. The molecule has 1 aliphatic carbocycles. The summed E-state index contributed by atoms with van der Waals surface area (Å²) >= 11 is 1.05. The highest BCUT2D eigenvalue weighted by Crippen LogP contribution is 2.47. The topological polar surface area (TPSA) is 82.0 Å². The number of amides is 1. The number of thioether (sulfide) groups is 1. The number of nitrogens with one attached hydrogen (secondary N) is 2. The van der Waals surface area contributed by atoms with Gasteiger partial charge in [-0.2, -0.15) is 18.4 Å². The zero-order chi connectivity index (χ0) is 26.0. The molecule has 2 aliphatic rings. The molecular formula is C27H24F3N3O2S. The Kier molecular flexibility index (Phi) is 7.27. The Morgan fingerprint density at radius 3 is 2.50 bits per heavy atom. The lowest BCUT2D eigenvalue weighted by Crippen LogP contribution is -2.32. The van der Waals surface area contributed by atoms with Gasteiger partial charge in [-0.3, -0.25) is 9.59 Å². The van der Waals surface area contributed by atoms with Gasteiger partial charge in [0.2, 0.25) is 5.91 Å². The average molecular weight is 512 g/mol. The second-order valence-corrected chi connectivity index (χ2v) is 9.76. The lowest BCUT2D eigenvalue weighted by atomic mass is 9.75. The fourth-order valence-corrected chi connectivity index (χ4v) is 5.54. The van der Waals surface area contributed by atoms with Crippen LogP contribution in [0.3, 0.4) is 0 Å². The molecule has 4 rings (SSSR count). The van der Waals surface area contributed by atoms with E-state index in [1.165, 1.54) is 18.2 Å². The van der Waals surface area contributed by atoms with Crippen LogP contribution in [0.5, 0.6) is 0 Å². The Bertz CT molecular complexity index is 1320. The highest BCUT2D eigenvalue weighted by atomic mass is 32.2. The van der Waals surface area contributed by atoms with E-state index in [0.717, 1.165) is 29.0 Å². The number of aryl methyl sites for hydroxylation is 2. The molecule has 36 heavy (non-hydrogen) atoms. The van der Waals surface area contributed by atoms with Crippen LogP contribution >= 0.6 is 11.8 Å². The Balaban J connectivity index is 1.70. The number of para-hydroxylation sites is 1. The summed E-state index contributed by atoms with van der Waals surface area (Å²) in [5.74, 6) is -1.79. The summed E-state index contributed by atoms with van der Waals surface area (Å²) < 4.78 is 41.7. The quantitative estimate of drug-likeness (QED) is 0.505. The van der Waals surface area contributed by atoms with Crippen molar-refractivity contribution in [2.75, 3.05) is 11.1 Å². The minimum absolute atomic E-state index is 0.00516. The van der Waals surface area contributed by atoms with Gasteiger partial charge in [-0.15, -0.1) is 0 Å². The van der Waals surface area contributed by atoms with Crippen LogP contribution in [-0.2, 0) is 15.8 Å². The zero-order valence-corrected chi connectivity index (χ0v) is 20.6. The first-order valence-corrected chi connectivity index (χ1v) is 12.4. The number of nitrogens with zero attached hydrogens (tertiary/aromatic N) is 1. The predicted molar refractivity (Wildman–Crippen MR) is 133 cm³/mol. The molecule has 0 saturated heterocycles. The number of rotatable bonds is 5. The average Bonchev–Trinajstić information content (AvgIpc) is 2.84. The van der Waals surface area contributed by atoms with Gasteiger partial charge in [-0.1, -0.05) is 48.2 Å². The van der Waals surface area contributed by atoms with Gasteiger partial charge >= 0.3 is 6.18 Å². The summed E-state index contributed by atoms with van der Waals surface area (Å²) in [6, 6.07) is 12.7. The largest absolute Gasteiger partial charge is 0.416 e. The van der Waals surface area contributed by atoms with Gasteiger partial charge in [0, 0.05) is 23.4 Å². The summed E-state index contributed by atoms with van der Waals surface area (Å²) in [5.41, 5.74) is 2.22. The van der Waals surface area contributed by atoms with Crippen molar-refractivity contribution in [3.8, 4) is 6.07 Å². The van der Waals surface area contributed by atoms with Crippen molar-refractivity contribution < 1.29 is 22.8 Å². The molecule has 0 radical (unpaired) electrons. The third kappa shape index (κ3) is 5.05. The maximum Gasteiger partial charge on any atom is 0.416 e. The summed E-state index contributed by atoms with van der Waals surface area (Å²) in [4.78, 5) is 25.6. The molecule has 1 atom stereocenters. The molecule has 1 heterocycles. The first kappa shape index (κ1) is 25.6. The highest BCUT2D eigenvalue weighted by Gasteiger charge is 2.42. The van der Waals surface area contributed by atoms with E-state index < -0.39 is 17.7 Å². The van der Waals surface area contributed by atoms with Crippen molar-refractivity contribution in [3.63, 3.8) is 0 Å². The number of dihydropyridines is 1. The van der Waals surface area contributed by atoms with E-state index >= 15 is 0 Å². The molecule has 0 bridgehead atoms. The molecule has 2 N–H and O–H groups in total. The molecular weight excluding hydrogens is 487 g/mol. The third-order valence-corrected chi connectivity index (χ3v) is 7.35. The van der Waals surface area contributed by atoms with Crippen LogP contribution < -0.4 is 10.6 Å². The van der Waals surface area contributed by atoms with Crippen LogP contribution in [0, 0.1) is 25.2 Å². The summed E-state index contributed by atoms with van der Waals surface area (Å²) in [6.07, 6.45) is -3.40. The molecule has 186 valence electrons. The number of halogens is 3. The number of alkyl halides is 3. The Morgan fingerprint density at radius 2 is 1.83 bits per heavy atom. The molecule has 1 unspecified atom stereocenters. The second-order valence-electron chi connectivity index (χ2n) is 8.77. The smallest absolute Gasteiger partial charge is 0.352 e. The molecule has 0 spiro atoms. The predicted octanol–water partition coefficient (Wildman–Crippen LogP) is 6.12. The zero-order valence-electron chi connectivity index (χ0n) is 19.8. The molecule has 0 fully saturated rings. The van der Waals surface area contributed by atoms with Gasteiger partial charge in [0.25, 0.3) is 0 Å². The molecule has 2 aromatic carbocycles. The van der Waals surface area contributed by atoms with Gasteiger partial charge in [0.1, 0.15) is 0 Å². The van der Waals surface area contributed by atoms with E-state index in [9.17, 15) is 28.0 Å². The van der Waals surface area contributed by atoms with Crippen molar-refractivity contribution in [1.82, 2.24) is 5.32 Å². The van der Waals surface area contributed by atoms with Gasteiger partial charge in [-0.25, -0.2) is 0 Å². The summed E-state index contributed by atoms with van der Waals surface area (Å²) in [7, 11) is 0. The lowest BCUT2D eigenvalue weighted by Gasteiger charge is -2.34. The number of Topliss-reactive ketones (excluding diaryl/α,β-unsaturated/α-hetero) is 1. The Labute approximate surface area is 211 Å². The Hall–Kier alpha value is -3.51.